The third-order valence-corrected chi connectivity index (χ3v) is 2.13. The molecular weight excluding hydrogens is 254 g/mol. The van der Waals surface area contributed by atoms with Crippen LogP contribution in [-0.2, 0) is 11.3 Å². The van der Waals surface area contributed by atoms with Gasteiger partial charge in [0.1, 0.15) is 0 Å². The van der Waals surface area contributed by atoms with E-state index >= 15 is 0 Å². The van der Waals surface area contributed by atoms with Gasteiger partial charge in [-0.1, -0.05) is 6.92 Å². The van der Waals surface area contributed by atoms with Crippen molar-refractivity contribution in [1.29, 1.82) is 0 Å². The van der Waals surface area contributed by atoms with Gasteiger partial charge in [-0.2, -0.15) is 8.78 Å². The van der Waals surface area contributed by atoms with E-state index in [0.717, 1.165) is 0 Å². The fourth-order valence-corrected chi connectivity index (χ4v) is 1.27. The summed E-state index contributed by atoms with van der Waals surface area (Å²) in [5, 5.41) is -2.04. The van der Waals surface area contributed by atoms with Crippen molar-refractivity contribution in [2.45, 2.75) is 25.3 Å². The van der Waals surface area contributed by atoms with Gasteiger partial charge in [0, 0.05) is 18.8 Å². The van der Waals surface area contributed by atoms with Crippen molar-refractivity contribution in [3.63, 3.8) is 0 Å². The van der Waals surface area contributed by atoms with Gasteiger partial charge in [-0.05, 0) is 24.1 Å². The van der Waals surface area contributed by atoms with Crippen molar-refractivity contribution < 1.29 is 13.6 Å². The van der Waals surface area contributed by atoms with Crippen molar-refractivity contribution >= 4 is 23.2 Å². The molecule has 1 N–H and O–H groups in total. The third-order valence-electron chi connectivity index (χ3n) is 1.96. The number of carbonyl (C=O) groups is 1. The molecule has 0 radical (unpaired) electrons. The monoisotopic (exact) mass is 264 g/mol. The highest BCUT2D eigenvalue weighted by atomic mass is 35.5. The summed E-state index contributed by atoms with van der Waals surface area (Å²) < 4.78 is 26.1. The van der Waals surface area contributed by atoms with E-state index in [0.29, 0.717) is 13.0 Å². The van der Waals surface area contributed by atoms with Crippen LogP contribution in [0.1, 0.15) is 13.3 Å². The highest BCUT2D eigenvalue weighted by Crippen LogP contribution is 2.20. The van der Waals surface area contributed by atoms with E-state index in [1.807, 2.05) is 12.2 Å². The topological polar surface area (TPSA) is 51.1 Å². The number of aryl methyl sites for hydroxylation is 1. The molecule has 1 heterocycles. The largest absolute Gasteiger partial charge is 0.400 e. The first-order chi connectivity index (χ1) is 7.84. The molecule has 0 aliphatic carbocycles. The number of rotatable bonds is 4. The molecule has 0 spiro atoms. The molecule has 0 saturated carbocycles. The van der Waals surface area contributed by atoms with E-state index in [-0.39, 0.29) is 11.2 Å². The molecule has 0 bridgehead atoms. The van der Waals surface area contributed by atoms with Gasteiger partial charge in [0.2, 0.25) is 0 Å². The Bertz CT molecular complexity index is 468. The van der Waals surface area contributed by atoms with Crippen LogP contribution in [0.3, 0.4) is 0 Å². The molecule has 0 aliphatic rings. The molecule has 7 heteroatoms. The summed E-state index contributed by atoms with van der Waals surface area (Å²) in [5.74, 6) is -1.62. The average Bonchev–Trinajstić information content (AvgIpc) is 2.22. The Morgan fingerprint density at radius 2 is 2.18 bits per heavy atom. The van der Waals surface area contributed by atoms with Gasteiger partial charge < -0.3 is 9.88 Å². The fourth-order valence-electron chi connectivity index (χ4n) is 1.22. The highest BCUT2D eigenvalue weighted by Gasteiger charge is 2.35. The zero-order valence-electron chi connectivity index (χ0n) is 9.04. The number of nitrogens with zero attached hydrogens (tertiary/aromatic N) is 1. The molecule has 0 atom stereocenters. The van der Waals surface area contributed by atoms with Crippen molar-refractivity contribution in [2.24, 2.45) is 0 Å². The first-order valence-electron chi connectivity index (χ1n) is 4.93. The lowest BCUT2D eigenvalue weighted by Crippen LogP contribution is -2.29. The number of hydrogen-bond donors (Lipinski definition) is 1. The average molecular weight is 265 g/mol. The zero-order valence-corrected chi connectivity index (χ0v) is 9.80. The van der Waals surface area contributed by atoms with E-state index in [4.69, 9.17) is 0 Å². The number of nitrogens with one attached hydrogen (secondary N) is 1. The normalized spacial score (nSPS) is 11.3. The Hall–Kier alpha value is -1.43. The predicted molar refractivity (Wildman–Crippen MR) is 60.4 cm³/mol. The Labute approximate surface area is 101 Å². The molecular formula is C10H11ClF2N2O2. The van der Waals surface area contributed by atoms with Crippen molar-refractivity contribution in [3.05, 3.63) is 28.7 Å². The van der Waals surface area contributed by atoms with E-state index in [1.165, 1.54) is 22.9 Å². The summed E-state index contributed by atoms with van der Waals surface area (Å²) in [7, 11) is 0. The molecule has 1 aromatic rings. The molecule has 1 amide bonds. The lowest BCUT2D eigenvalue weighted by atomic mass is 10.3. The molecule has 0 aromatic carbocycles. The zero-order chi connectivity index (χ0) is 13.1. The third kappa shape index (κ3) is 3.81. The number of aromatic nitrogens is 1. The summed E-state index contributed by atoms with van der Waals surface area (Å²) in [5.41, 5.74) is -0.161. The predicted octanol–water partition coefficient (Wildman–Crippen LogP) is 2.03. The Balaban J connectivity index is 2.90. The molecule has 0 saturated heterocycles. The summed E-state index contributed by atoms with van der Waals surface area (Å²) in [4.78, 5) is 22.2. The minimum absolute atomic E-state index is 0.100. The second-order valence-electron chi connectivity index (χ2n) is 3.40. The highest BCUT2D eigenvalue weighted by molar-refractivity contribution is 6.33. The van der Waals surface area contributed by atoms with Gasteiger partial charge in [-0.15, -0.1) is 0 Å². The lowest BCUT2D eigenvalue weighted by Gasteiger charge is -2.10. The minimum atomic E-state index is -3.97. The fraction of sp³-hybridized carbons (Fsp3) is 0.400. The Kier molecular flexibility index (Phi) is 4.22. The second-order valence-corrected chi connectivity index (χ2v) is 3.88. The summed E-state index contributed by atoms with van der Waals surface area (Å²) in [6.07, 6.45) is 2.01. The molecule has 94 valence electrons. The van der Waals surface area contributed by atoms with E-state index in [1.54, 1.807) is 0 Å². The maximum absolute atomic E-state index is 12.4. The molecule has 0 fully saturated rings. The molecule has 4 nitrogen and oxygen atoms in total. The Morgan fingerprint density at radius 3 is 2.71 bits per heavy atom. The molecule has 0 aliphatic heterocycles. The standard InChI is InChI=1S/C10H11ClF2N2O2/c1-2-5-15-6-7(3-4-8(15)16)14-9(17)10(11,12)13/h3-4,6H,2,5H2,1H3,(H,14,17). The number of halogens is 3. The van der Waals surface area contributed by atoms with Gasteiger partial charge in [0.25, 0.3) is 5.56 Å². The van der Waals surface area contributed by atoms with Crippen LogP contribution in [0.4, 0.5) is 14.5 Å². The number of amides is 1. The number of hydrogen-bond acceptors (Lipinski definition) is 2. The van der Waals surface area contributed by atoms with Crippen LogP contribution in [-0.4, -0.2) is 15.9 Å². The number of anilines is 1. The van der Waals surface area contributed by atoms with Crippen molar-refractivity contribution in [1.82, 2.24) is 4.57 Å². The number of pyridine rings is 1. The van der Waals surface area contributed by atoms with E-state index in [9.17, 15) is 18.4 Å². The summed E-state index contributed by atoms with van der Waals surface area (Å²) in [6, 6.07) is 2.44. The molecule has 1 aromatic heterocycles. The molecule has 17 heavy (non-hydrogen) atoms. The van der Waals surface area contributed by atoms with Crippen LogP contribution in [0.5, 0.6) is 0 Å². The van der Waals surface area contributed by atoms with Gasteiger partial charge in [0.05, 0.1) is 5.69 Å². The second kappa shape index (κ2) is 5.27. The summed E-state index contributed by atoms with van der Waals surface area (Å²) >= 11 is 4.55. The van der Waals surface area contributed by atoms with Crippen LogP contribution < -0.4 is 10.9 Å². The van der Waals surface area contributed by atoms with E-state index in [2.05, 4.69) is 11.6 Å². The van der Waals surface area contributed by atoms with E-state index < -0.39 is 11.3 Å². The molecule has 1 rings (SSSR count). The quantitative estimate of drug-likeness (QED) is 0.846. The smallest absolute Gasteiger partial charge is 0.318 e. The van der Waals surface area contributed by atoms with Crippen LogP contribution in [0.2, 0.25) is 0 Å². The lowest BCUT2D eigenvalue weighted by molar-refractivity contribution is -0.130. The van der Waals surface area contributed by atoms with Gasteiger partial charge in [-0.3, -0.25) is 9.59 Å². The van der Waals surface area contributed by atoms with Gasteiger partial charge in [0.15, 0.2) is 0 Å². The van der Waals surface area contributed by atoms with Crippen LogP contribution >= 0.6 is 11.6 Å². The van der Waals surface area contributed by atoms with Crippen LogP contribution in [0.15, 0.2) is 23.1 Å². The first-order valence-corrected chi connectivity index (χ1v) is 5.31. The number of alkyl halides is 3. The maximum atomic E-state index is 12.4. The first kappa shape index (κ1) is 13.6. The summed E-state index contributed by atoms with van der Waals surface area (Å²) in [6.45, 7) is 2.31. The Morgan fingerprint density at radius 1 is 1.53 bits per heavy atom. The maximum Gasteiger partial charge on any atom is 0.400 e. The van der Waals surface area contributed by atoms with Gasteiger partial charge >= 0.3 is 11.3 Å². The van der Waals surface area contributed by atoms with Crippen molar-refractivity contribution in [3.8, 4) is 0 Å². The van der Waals surface area contributed by atoms with Crippen LogP contribution in [0, 0.1) is 0 Å². The SMILES string of the molecule is CCCn1cc(NC(=O)C(F)(F)Cl)ccc1=O. The number of carbonyl (C=O) groups excluding carboxylic acids is 1. The van der Waals surface area contributed by atoms with Gasteiger partial charge in [-0.25, -0.2) is 0 Å². The minimum Gasteiger partial charge on any atom is -0.318 e. The van der Waals surface area contributed by atoms with Crippen LogP contribution in [0.25, 0.3) is 0 Å². The molecule has 0 unspecified atom stereocenters. The van der Waals surface area contributed by atoms with Crippen molar-refractivity contribution in [2.75, 3.05) is 5.32 Å².